The Labute approximate surface area is 106 Å². The maximum absolute atomic E-state index is 8.79. The quantitative estimate of drug-likeness (QED) is 0.807. The predicted molar refractivity (Wildman–Crippen MR) is 68.3 cm³/mol. The molecule has 1 aromatic heterocycles. The number of benzene rings is 1. The van der Waals surface area contributed by atoms with Crippen molar-refractivity contribution in [1.29, 1.82) is 5.26 Å². The fourth-order valence-corrected chi connectivity index (χ4v) is 1.78. The number of imidazole rings is 1. The SMILES string of the molecule is CCc1nccn1CCOc1cccc(C#N)c1. The standard InChI is InChI=1S/C14H15N3O/c1-2-14-16-6-7-17(14)8-9-18-13-5-3-4-12(10-13)11-15/h3-7,10H,2,8-9H2,1H3. The summed E-state index contributed by atoms with van der Waals surface area (Å²) in [7, 11) is 0. The highest BCUT2D eigenvalue weighted by Crippen LogP contribution is 2.12. The Morgan fingerprint density at radius 2 is 2.33 bits per heavy atom. The minimum absolute atomic E-state index is 0.568. The number of hydrogen-bond acceptors (Lipinski definition) is 3. The van der Waals surface area contributed by atoms with Gasteiger partial charge < -0.3 is 9.30 Å². The van der Waals surface area contributed by atoms with Crippen molar-refractivity contribution < 1.29 is 4.74 Å². The Balaban J connectivity index is 1.90. The first-order valence-corrected chi connectivity index (χ1v) is 5.96. The second-order valence-electron chi connectivity index (χ2n) is 3.88. The Bertz CT molecular complexity index is 554. The second kappa shape index (κ2) is 5.87. The zero-order valence-electron chi connectivity index (χ0n) is 10.3. The van der Waals surface area contributed by atoms with Crippen LogP contribution in [0.5, 0.6) is 5.75 Å². The Morgan fingerprint density at radius 1 is 1.44 bits per heavy atom. The van der Waals surface area contributed by atoms with Gasteiger partial charge in [-0.25, -0.2) is 4.98 Å². The number of ether oxygens (including phenoxy) is 1. The first-order chi connectivity index (χ1) is 8.83. The minimum atomic E-state index is 0.568. The third kappa shape index (κ3) is 2.89. The first-order valence-electron chi connectivity index (χ1n) is 5.96. The molecule has 0 aliphatic carbocycles. The lowest BCUT2D eigenvalue weighted by Gasteiger charge is -2.08. The summed E-state index contributed by atoms with van der Waals surface area (Å²) in [4.78, 5) is 4.25. The van der Waals surface area contributed by atoms with Crippen molar-refractivity contribution in [3.63, 3.8) is 0 Å². The van der Waals surface area contributed by atoms with Gasteiger partial charge in [0.25, 0.3) is 0 Å². The van der Waals surface area contributed by atoms with Crippen LogP contribution in [-0.4, -0.2) is 16.2 Å². The molecular weight excluding hydrogens is 226 g/mol. The van der Waals surface area contributed by atoms with E-state index < -0.39 is 0 Å². The van der Waals surface area contributed by atoms with Crippen LogP contribution in [-0.2, 0) is 13.0 Å². The number of nitrogens with zero attached hydrogens (tertiary/aromatic N) is 3. The highest BCUT2D eigenvalue weighted by molar-refractivity contribution is 5.36. The van der Waals surface area contributed by atoms with Gasteiger partial charge in [0, 0.05) is 18.8 Å². The molecular formula is C14H15N3O. The molecule has 0 radical (unpaired) electrons. The van der Waals surface area contributed by atoms with Gasteiger partial charge in [-0.15, -0.1) is 0 Å². The van der Waals surface area contributed by atoms with E-state index in [0.29, 0.717) is 12.2 Å². The first kappa shape index (κ1) is 12.2. The van der Waals surface area contributed by atoms with E-state index in [4.69, 9.17) is 10.00 Å². The molecule has 92 valence electrons. The highest BCUT2D eigenvalue weighted by Gasteiger charge is 2.00. The smallest absolute Gasteiger partial charge is 0.120 e. The number of rotatable bonds is 5. The van der Waals surface area contributed by atoms with Gasteiger partial charge in [-0.1, -0.05) is 13.0 Å². The molecule has 0 saturated carbocycles. The fraction of sp³-hybridized carbons (Fsp3) is 0.286. The summed E-state index contributed by atoms with van der Waals surface area (Å²) in [6.45, 7) is 3.41. The van der Waals surface area contributed by atoms with Gasteiger partial charge in [-0.05, 0) is 18.2 Å². The lowest BCUT2D eigenvalue weighted by Crippen LogP contribution is -2.10. The van der Waals surface area contributed by atoms with Crippen LogP contribution in [0.25, 0.3) is 0 Å². The van der Waals surface area contributed by atoms with Gasteiger partial charge in [0.15, 0.2) is 0 Å². The van der Waals surface area contributed by atoms with Crippen molar-refractivity contribution in [2.45, 2.75) is 19.9 Å². The van der Waals surface area contributed by atoms with Gasteiger partial charge >= 0.3 is 0 Å². The van der Waals surface area contributed by atoms with Gasteiger partial charge in [0.05, 0.1) is 18.2 Å². The molecule has 2 rings (SSSR count). The number of aryl methyl sites for hydroxylation is 1. The summed E-state index contributed by atoms with van der Waals surface area (Å²) in [6.07, 6.45) is 4.67. The molecule has 0 atom stereocenters. The van der Waals surface area contributed by atoms with Crippen molar-refractivity contribution >= 4 is 0 Å². The average molecular weight is 241 g/mol. The minimum Gasteiger partial charge on any atom is -0.492 e. The maximum atomic E-state index is 8.79. The third-order valence-corrected chi connectivity index (χ3v) is 2.68. The molecule has 2 aromatic rings. The van der Waals surface area contributed by atoms with E-state index in [-0.39, 0.29) is 0 Å². The van der Waals surface area contributed by atoms with E-state index in [2.05, 4.69) is 22.5 Å². The molecule has 0 spiro atoms. The van der Waals surface area contributed by atoms with E-state index in [1.165, 1.54) is 0 Å². The van der Waals surface area contributed by atoms with Crippen molar-refractivity contribution in [1.82, 2.24) is 9.55 Å². The molecule has 0 bridgehead atoms. The Kier molecular flexibility index (Phi) is 3.98. The summed E-state index contributed by atoms with van der Waals surface area (Å²) >= 11 is 0. The predicted octanol–water partition coefficient (Wildman–Crippen LogP) is 2.40. The van der Waals surface area contributed by atoms with Crippen molar-refractivity contribution in [3.05, 3.63) is 48.0 Å². The molecule has 0 amide bonds. The molecule has 4 heteroatoms. The van der Waals surface area contributed by atoms with Gasteiger partial charge in [-0.2, -0.15) is 5.26 Å². The topological polar surface area (TPSA) is 50.8 Å². The highest BCUT2D eigenvalue weighted by atomic mass is 16.5. The number of nitriles is 1. The van der Waals surface area contributed by atoms with Crippen molar-refractivity contribution in [2.24, 2.45) is 0 Å². The van der Waals surface area contributed by atoms with Crippen LogP contribution in [0.4, 0.5) is 0 Å². The van der Waals surface area contributed by atoms with Crippen LogP contribution in [0.2, 0.25) is 0 Å². The third-order valence-electron chi connectivity index (χ3n) is 2.68. The molecule has 0 unspecified atom stereocenters. The molecule has 0 saturated heterocycles. The van der Waals surface area contributed by atoms with Crippen LogP contribution in [0, 0.1) is 11.3 Å². The van der Waals surface area contributed by atoms with Crippen LogP contribution < -0.4 is 4.74 Å². The van der Waals surface area contributed by atoms with Gasteiger partial charge in [0.1, 0.15) is 18.2 Å². The normalized spacial score (nSPS) is 10.0. The zero-order valence-corrected chi connectivity index (χ0v) is 10.3. The molecule has 0 aliphatic heterocycles. The molecule has 1 aromatic carbocycles. The monoisotopic (exact) mass is 241 g/mol. The summed E-state index contributed by atoms with van der Waals surface area (Å²) < 4.78 is 7.70. The van der Waals surface area contributed by atoms with Gasteiger partial charge in [0.2, 0.25) is 0 Å². The lowest BCUT2D eigenvalue weighted by molar-refractivity contribution is 0.296. The molecule has 0 fully saturated rings. The largest absolute Gasteiger partial charge is 0.492 e. The van der Waals surface area contributed by atoms with E-state index in [0.717, 1.165) is 24.5 Å². The number of hydrogen-bond donors (Lipinski definition) is 0. The lowest BCUT2D eigenvalue weighted by atomic mass is 10.2. The average Bonchev–Trinajstić information content (AvgIpc) is 2.86. The molecule has 18 heavy (non-hydrogen) atoms. The van der Waals surface area contributed by atoms with E-state index in [9.17, 15) is 0 Å². The van der Waals surface area contributed by atoms with E-state index in [1.807, 2.05) is 18.3 Å². The summed E-state index contributed by atoms with van der Waals surface area (Å²) in [5.74, 6) is 1.79. The summed E-state index contributed by atoms with van der Waals surface area (Å²) in [6, 6.07) is 9.28. The van der Waals surface area contributed by atoms with Gasteiger partial charge in [-0.3, -0.25) is 0 Å². The van der Waals surface area contributed by atoms with Crippen LogP contribution in [0.1, 0.15) is 18.3 Å². The van der Waals surface area contributed by atoms with E-state index >= 15 is 0 Å². The number of aromatic nitrogens is 2. The second-order valence-corrected chi connectivity index (χ2v) is 3.88. The zero-order chi connectivity index (χ0) is 12.8. The van der Waals surface area contributed by atoms with Crippen LogP contribution in [0.3, 0.4) is 0 Å². The molecule has 1 heterocycles. The molecule has 0 N–H and O–H groups in total. The summed E-state index contributed by atoms with van der Waals surface area (Å²) in [5.41, 5.74) is 0.615. The molecule has 4 nitrogen and oxygen atoms in total. The Morgan fingerprint density at radius 3 is 3.11 bits per heavy atom. The Hall–Kier alpha value is -2.28. The molecule has 0 aliphatic rings. The van der Waals surface area contributed by atoms with E-state index in [1.54, 1.807) is 18.3 Å². The summed E-state index contributed by atoms with van der Waals surface area (Å²) in [5, 5.41) is 8.79. The fourth-order valence-electron chi connectivity index (χ4n) is 1.78. The van der Waals surface area contributed by atoms with Crippen molar-refractivity contribution in [2.75, 3.05) is 6.61 Å². The van der Waals surface area contributed by atoms with Crippen LogP contribution >= 0.6 is 0 Å². The maximum Gasteiger partial charge on any atom is 0.120 e. The van der Waals surface area contributed by atoms with Crippen molar-refractivity contribution in [3.8, 4) is 11.8 Å². The van der Waals surface area contributed by atoms with Crippen LogP contribution in [0.15, 0.2) is 36.7 Å².